The lowest BCUT2D eigenvalue weighted by atomic mass is 10.1. The molecule has 0 bridgehead atoms. The second-order valence-electron chi connectivity index (χ2n) is 9.07. The molecular formula is C25H31ClF2N2O4. The molecule has 2 unspecified atom stereocenters. The van der Waals surface area contributed by atoms with E-state index in [1.165, 1.54) is 0 Å². The number of aliphatic hydroxyl groups excluding tert-OH is 1. The molecule has 6 nitrogen and oxygen atoms in total. The Morgan fingerprint density at radius 3 is 2.53 bits per heavy atom. The van der Waals surface area contributed by atoms with Crippen molar-refractivity contribution in [2.75, 3.05) is 26.3 Å². The van der Waals surface area contributed by atoms with Gasteiger partial charge in [0, 0.05) is 25.6 Å². The van der Waals surface area contributed by atoms with E-state index < -0.39 is 31.3 Å². The van der Waals surface area contributed by atoms with Gasteiger partial charge in [0.2, 0.25) is 5.91 Å². The molecule has 2 N–H and O–H groups in total. The number of halogens is 3. The minimum Gasteiger partial charge on any atom is -0.483 e. The number of hydrogen-bond acceptors (Lipinski definition) is 5. The Hall–Kier alpha value is -2.42. The molecule has 0 aliphatic carbocycles. The number of carbonyl (C=O) groups is 1. The fraction of sp³-hybridized carbons (Fsp3) is 0.480. The predicted octanol–water partition coefficient (Wildman–Crippen LogP) is 4.65. The molecule has 0 saturated heterocycles. The Bertz CT molecular complexity index is 975. The minimum absolute atomic E-state index is 0.0804. The van der Waals surface area contributed by atoms with Gasteiger partial charge in [-0.2, -0.15) is 8.78 Å². The van der Waals surface area contributed by atoms with Crippen molar-refractivity contribution in [3.63, 3.8) is 0 Å². The van der Waals surface area contributed by atoms with Gasteiger partial charge in [0.1, 0.15) is 6.23 Å². The molecule has 9 heteroatoms. The Morgan fingerprint density at radius 2 is 1.85 bits per heavy atom. The molecule has 1 heterocycles. The third kappa shape index (κ3) is 7.04. The normalized spacial score (nSPS) is 16.6. The summed E-state index contributed by atoms with van der Waals surface area (Å²) in [5, 5.41) is 13.5. The number of aliphatic hydroxyl groups is 1. The van der Waals surface area contributed by atoms with Crippen LogP contribution in [0.15, 0.2) is 42.5 Å². The maximum Gasteiger partial charge on any atom is 0.314 e. The van der Waals surface area contributed by atoms with E-state index in [-0.39, 0.29) is 41.4 Å². The topological polar surface area (TPSA) is 71.0 Å². The molecular weight excluding hydrogens is 466 g/mol. The van der Waals surface area contributed by atoms with E-state index in [0.717, 1.165) is 0 Å². The van der Waals surface area contributed by atoms with Crippen molar-refractivity contribution in [3.05, 3.63) is 58.6 Å². The van der Waals surface area contributed by atoms with Crippen LogP contribution in [-0.4, -0.2) is 48.1 Å². The standard InChI is InChI=1S/C25H31ClF2N2O4/c1-16(2)12-30(24(32)17(3)11-29-23(31)19-7-5-4-6-8-19)13-18-9-20(26)22-21(10-18)33-14-25(27,28)15-34-22/h4-10,16-17,23,29,31H,11-15H2,1-3H3. The maximum atomic E-state index is 13.7. The van der Waals surface area contributed by atoms with Crippen LogP contribution in [0.25, 0.3) is 0 Å². The molecule has 0 radical (unpaired) electrons. The van der Waals surface area contributed by atoms with E-state index >= 15 is 0 Å². The second-order valence-corrected chi connectivity index (χ2v) is 9.48. The van der Waals surface area contributed by atoms with Crippen molar-refractivity contribution >= 4 is 17.5 Å². The summed E-state index contributed by atoms with van der Waals surface area (Å²) in [6, 6.07) is 12.3. The molecule has 2 aromatic carbocycles. The summed E-state index contributed by atoms with van der Waals surface area (Å²) in [6.45, 7) is 5.20. The first-order valence-corrected chi connectivity index (χ1v) is 11.6. The largest absolute Gasteiger partial charge is 0.483 e. The average Bonchev–Trinajstić information content (AvgIpc) is 2.95. The molecule has 2 aromatic rings. The fourth-order valence-electron chi connectivity index (χ4n) is 3.70. The Balaban J connectivity index is 1.70. The number of alkyl halides is 2. The van der Waals surface area contributed by atoms with Gasteiger partial charge >= 0.3 is 5.92 Å². The summed E-state index contributed by atoms with van der Waals surface area (Å²) in [7, 11) is 0. The molecule has 1 aliphatic heterocycles. The number of rotatable bonds is 9. The number of nitrogens with one attached hydrogen (secondary N) is 1. The zero-order valence-corrected chi connectivity index (χ0v) is 20.3. The van der Waals surface area contributed by atoms with Gasteiger partial charge in [0.05, 0.1) is 5.02 Å². The highest BCUT2D eigenvalue weighted by molar-refractivity contribution is 6.32. The number of amides is 1. The van der Waals surface area contributed by atoms with Crippen LogP contribution in [0.1, 0.15) is 38.1 Å². The van der Waals surface area contributed by atoms with Crippen molar-refractivity contribution in [1.29, 1.82) is 0 Å². The lowest BCUT2D eigenvalue weighted by Crippen LogP contribution is -2.41. The quantitative estimate of drug-likeness (QED) is 0.495. The van der Waals surface area contributed by atoms with Crippen molar-refractivity contribution in [2.45, 2.75) is 39.5 Å². The van der Waals surface area contributed by atoms with Gasteiger partial charge in [-0.3, -0.25) is 10.1 Å². The third-order valence-corrected chi connectivity index (χ3v) is 5.64. The lowest BCUT2D eigenvalue weighted by molar-refractivity contribution is -0.136. The molecule has 1 amide bonds. The summed E-state index contributed by atoms with van der Waals surface area (Å²) >= 11 is 6.30. The molecule has 1 aliphatic rings. The van der Waals surface area contributed by atoms with E-state index in [0.29, 0.717) is 17.7 Å². The first-order chi connectivity index (χ1) is 16.1. The van der Waals surface area contributed by atoms with Crippen LogP contribution in [0, 0.1) is 11.8 Å². The zero-order valence-electron chi connectivity index (χ0n) is 19.6. The Kier molecular flexibility index (Phi) is 8.73. The maximum absolute atomic E-state index is 13.7. The van der Waals surface area contributed by atoms with Crippen LogP contribution < -0.4 is 14.8 Å². The molecule has 0 aromatic heterocycles. The zero-order chi connectivity index (χ0) is 24.9. The third-order valence-electron chi connectivity index (χ3n) is 5.36. The molecule has 186 valence electrons. The highest BCUT2D eigenvalue weighted by Gasteiger charge is 2.35. The van der Waals surface area contributed by atoms with E-state index in [9.17, 15) is 18.7 Å². The molecule has 2 atom stereocenters. The highest BCUT2D eigenvalue weighted by Crippen LogP contribution is 2.40. The van der Waals surface area contributed by atoms with Gasteiger partial charge in [0.15, 0.2) is 24.7 Å². The van der Waals surface area contributed by atoms with Crippen LogP contribution >= 0.6 is 11.6 Å². The van der Waals surface area contributed by atoms with E-state index in [1.54, 1.807) is 36.1 Å². The van der Waals surface area contributed by atoms with Crippen LogP contribution in [0.2, 0.25) is 5.02 Å². The fourth-order valence-corrected chi connectivity index (χ4v) is 3.98. The van der Waals surface area contributed by atoms with Crippen LogP contribution in [0.4, 0.5) is 8.78 Å². The smallest absolute Gasteiger partial charge is 0.314 e. The SMILES string of the molecule is CC(C)CN(Cc1cc(Cl)c2c(c1)OCC(F)(F)CO2)C(=O)C(C)CNC(O)c1ccccc1. The number of carbonyl (C=O) groups excluding carboxylic acids is 1. The molecule has 3 rings (SSSR count). The summed E-state index contributed by atoms with van der Waals surface area (Å²) in [6.07, 6.45) is -0.881. The Labute approximate surface area is 203 Å². The first-order valence-electron chi connectivity index (χ1n) is 11.3. The van der Waals surface area contributed by atoms with E-state index in [2.05, 4.69) is 5.32 Å². The predicted molar refractivity (Wildman–Crippen MR) is 126 cm³/mol. The van der Waals surface area contributed by atoms with Crippen LogP contribution in [0.5, 0.6) is 11.5 Å². The lowest BCUT2D eigenvalue weighted by Gasteiger charge is -2.28. The number of nitrogens with zero attached hydrogens (tertiary/aromatic N) is 1. The monoisotopic (exact) mass is 496 g/mol. The number of ether oxygens (including phenoxy) is 2. The van der Waals surface area contributed by atoms with Gasteiger partial charge < -0.3 is 19.5 Å². The van der Waals surface area contributed by atoms with Gasteiger partial charge in [0.25, 0.3) is 0 Å². The van der Waals surface area contributed by atoms with Gasteiger partial charge in [-0.15, -0.1) is 0 Å². The van der Waals surface area contributed by atoms with Crippen LogP contribution in [-0.2, 0) is 11.3 Å². The number of hydrogen-bond donors (Lipinski definition) is 2. The van der Waals surface area contributed by atoms with Crippen molar-refractivity contribution in [1.82, 2.24) is 10.2 Å². The summed E-state index contributed by atoms with van der Waals surface area (Å²) in [5.41, 5.74) is 1.37. The van der Waals surface area contributed by atoms with E-state index in [4.69, 9.17) is 21.1 Å². The van der Waals surface area contributed by atoms with Crippen LogP contribution in [0.3, 0.4) is 0 Å². The summed E-state index contributed by atoms with van der Waals surface area (Å²) in [5.74, 6) is -3.21. The van der Waals surface area contributed by atoms with Gasteiger partial charge in [-0.05, 0) is 29.2 Å². The summed E-state index contributed by atoms with van der Waals surface area (Å²) < 4.78 is 37.8. The number of benzene rings is 2. The molecule has 0 fully saturated rings. The van der Waals surface area contributed by atoms with Crippen molar-refractivity contribution in [2.24, 2.45) is 11.8 Å². The average molecular weight is 497 g/mol. The van der Waals surface area contributed by atoms with E-state index in [1.807, 2.05) is 32.0 Å². The van der Waals surface area contributed by atoms with Crippen molar-refractivity contribution < 1.29 is 28.2 Å². The molecule has 0 spiro atoms. The second kappa shape index (κ2) is 11.3. The Morgan fingerprint density at radius 1 is 1.18 bits per heavy atom. The van der Waals surface area contributed by atoms with Gasteiger partial charge in [-0.25, -0.2) is 0 Å². The highest BCUT2D eigenvalue weighted by atomic mass is 35.5. The summed E-state index contributed by atoms with van der Waals surface area (Å²) in [4.78, 5) is 15.0. The number of fused-ring (bicyclic) bond motifs is 1. The first kappa shape index (κ1) is 26.2. The van der Waals surface area contributed by atoms with Crippen molar-refractivity contribution in [3.8, 4) is 11.5 Å². The molecule has 34 heavy (non-hydrogen) atoms. The van der Waals surface area contributed by atoms with Gasteiger partial charge in [-0.1, -0.05) is 62.7 Å². The minimum atomic E-state index is -3.12. The molecule has 0 saturated carbocycles.